The first kappa shape index (κ1) is 8.45. The normalized spacial score (nSPS) is 19.2. The van der Waals surface area contributed by atoms with Crippen LogP contribution >= 0.6 is 0 Å². The molecule has 0 aliphatic heterocycles. The Hall–Kier alpha value is -1.15. The molecule has 68 valence electrons. The molecule has 0 saturated heterocycles. The Bertz CT molecular complexity index is 336. The lowest BCUT2D eigenvalue weighted by Crippen LogP contribution is -2.33. The molecule has 0 aromatic heterocycles. The van der Waals surface area contributed by atoms with Gasteiger partial charge in [-0.15, -0.1) is 0 Å². The van der Waals surface area contributed by atoms with Crippen molar-refractivity contribution < 1.29 is 4.39 Å². The van der Waals surface area contributed by atoms with Gasteiger partial charge < -0.3 is 5.73 Å². The quantitative estimate of drug-likeness (QED) is 0.654. The lowest BCUT2D eigenvalue weighted by Gasteiger charge is -2.24. The first-order chi connectivity index (χ1) is 6.21. The van der Waals surface area contributed by atoms with Gasteiger partial charge in [-0.3, -0.25) is 0 Å². The fourth-order valence-electron chi connectivity index (χ4n) is 1.70. The van der Waals surface area contributed by atoms with Gasteiger partial charge in [0, 0.05) is 5.54 Å². The molecule has 1 nitrogen and oxygen atoms in total. The van der Waals surface area contributed by atoms with E-state index in [2.05, 4.69) is 0 Å². The first-order valence-corrected chi connectivity index (χ1v) is 4.41. The highest BCUT2D eigenvalue weighted by molar-refractivity contribution is 5.29. The molecule has 1 aromatic carbocycles. The van der Waals surface area contributed by atoms with Gasteiger partial charge >= 0.3 is 0 Å². The molecule has 2 N–H and O–H groups in total. The van der Waals surface area contributed by atoms with Crippen LogP contribution in [0.4, 0.5) is 4.39 Å². The van der Waals surface area contributed by atoms with Crippen LogP contribution in [-0.4, -0.2) is 0 Å². The van der Waals surface area contributed by atoms with Gasteiger partial charge in [-0.1, -0.05) is 24.3 Å². The average molecular weight is 177 g/mol. The fraction of sp³-hybridized carbons (Fsp3) is 0.273. The van der Waals surface area contributed by atoms with E-state index >= 15 is 0 Å². The number of rotatable bonds is 1. The van der Waals surface area contributed by atoms with E-state index in [-0.39, 0.29) is 11.4 Å². The van der Waals surface area contributed by atoms with Gasteiger partial charge in [-0.2, -0.15) is 0 Å². The van der Waals surface area contributed by atoms with Crippen LogP contribution in [0.2, 0.25) is 0 Å². The van der Waals surface area contributed by atoms with Gasteiger partial charge in [-0.25, -0.2) is 4.39 Å². The van der Waals surface area contributed by atoms with Crippen LogP contribution in [-0.2, 0) is 5.54 Å². The second-order valence-corrected chi connectivity index (χ2v) is 3.55. The van der Waals surface area contributed by atoms with Gasteiger partial charge in [0.1, 0.15) is 5.82 Å². The first-order valence-electron chi connectivity index (χ1n) is 4.41. The van der Waals surface area contributed by atoms with E-state index in [1.807, 2.05) is 18.2 Å². The van der Waals surface area contributed by atoms with Gasteiger partial charge in [0.25, 0.3) is 0 Å². The van der Waals surface area contributed by atoms with Crippen molar-refractivity contribution >= 4 is 0 Å². The minimum absolute atomic E-state index is 0.214. The molecule has 0 bridgehead atoms. The Morgan fingerprint density at radius 2 is 1.92 bits per heavy atom. The van der Waals surface area contributed by atoms with Crippen molar-refractivity contribution in [3.05, 3.63) is 47.8 Å². The summed E-state index contributed by atoms with van der Waals surface area (Å²) in [5.41, 5.74) is 6.63. The lowest BCUT2D eigenvalue weighted by atomic mass is 9.89. The van der Waals surface area contributed by atoms with Crippen molar-refractivity contribution in [2.24, 2.45) is 5.73 Å². The van der Waals surface area contributed by atoms with E-state index in [1.165, 1.54) is 12.1 Å². The standard InChI is InChI=1S/C11H12FN/c12-10-5-3-4-9(8-10)11(13)6-1-2-7-11/h1-5,8H,6-7,13H2. The molecular weight excluding hydrogens is 165 g/mol. The maximum Gasteiger partial charge on any atom is 0.123 e. The van der Waals surface area contributed by atoms with Crippen LogP contribution in [0, 0.1) is 5.82 Å². The SMILES string of the molecule is NC1(c2cccc(F)c2)CC=CC1. The highest BCUT2D eigenvalue weighted by Crippen LogP contribution is 2.31. The highest BCUT2D eigenvalue weighted by atomic mass is 19.1. The molecule has 2 heteroatoms. The van der Waals surface area contributed by atoms with E-state index in [1.54, 1.807) is 6.07 Å². The summed E-state index contributed by atoms with van der Waals surface area (Å²) in [6.45, 7) is 0. The average Bonchev–Trinajstić information content (AvgIpc) is 2.54. The van der Waals surface area contributed by atoms with Crippen LogP contribution in [0.25, 0.3) is 0 Å². The summed E-state index contributed by atoms with van der Waals surface area (Å²) in [6.07, 6.45) is 5.70. The summed E-state index contributed by atoms with van der Waals surface area (Å²) in [6, 6.07) is 6.55. The van der Waals surface area contributed by atoms with E-state index in [9.17, 15) is 4.39 Å². The predicted molar refractivity (Wildman–Crippen MR) is 50.6 cm³/mol. The van der Waals surface area contributed by atoms with Gasteiger partial charge in [0.15, 0.2) is 0 Å². The minimum Gasteiger partial charge on any atom is -0.321 e. The summed E-state index contributed by atoms with van der Waals surface area (Å²) in [5.74, 6) is -0.214. The minimum atomic E-state index is -0.373. The maximum absolute atomic E-state index is 12.9. The molecule has 0 atom stereocenters. The van der Waals surface area contributed by atoms with Crippen LogP contribution < -0.4 is 5.73 Å². The molecule has 2 rings (SSSR count). The van der Waals surface area contributed by atoms with Crippen LogP contribution in [0.5, 0.6) is 0 Å². The van der Waals surface area contributed by atoms with Crippen LogP contribution in [0.1, 0.15) is 18.4 Å². The van der Waals surface area contributed by atoms with Crippen molar-refractivity contribution in [1.29, 1.82) is 0 Å². The Morgan fingerprint density at radius 1 is 1.23 bits per heavy atom. The second kappa shape index (κ2) is 2.96. The highest BCUT2D eigenvalue weighted by Gasteiger charge is 2.27. The van der Waals surface area contributed by atoms with Crippen molar-refractivity contribution in [3.8, 4) is 0 Å². The van der Waals surface area contributed by atoms with Gasteiger partial charge in [-0.05, 0) is 30.5 Å². The molecule has 1 aliphatic rings. The third-order valence-electron chi connectivity index (χ3n) is 2.53. The summed E-state index contributed by atoms with van der Waals surface area (Å²) in [4.78, 5) is 0. The molecule has 0 fully saturated rings. The molecule has 13 heavy (non-hydrogen) atoms. The van der Waals surface area contributed by atoms with Crippen molar-refractivity contribution in [2.45, 2.75) is 18.4 Å². The topological polar surface area (TPSA) is 26.0 Å². The molecular formula is C11H12FN. The molecule has 0 heterocycles. The number of hydrogen-bond donors (Lipinski definition) is 1. The smallest absolute Gasteiger partial charge is 0.123 e. The van der Waals surface area contributed by atoms with E-state index in [0.29, 0.717) is 0 Å². The lowest BCUT2D eigenvalue weighted by molar-refractivity contribution is 0.476. The molecule has 0 unspecified atom stereocenters. The number of halogens is 1. The predicted octanol–water partition coefficient (Wildman–Crippen LogP) is 2.33. The summed E-state index contributed by atoms with van der Waals surface area (Å²) in [5, 5.41) is 0. The zero-order chi connectivity index (χ0) is 9.31. The van der Waals surface area contributed by atoms with Crippen molar-refractivity contribution in [2.75, 3.05) is 0 Å². The fourth-order valence-corrected chi connectivity index (χ4v) is 1.70. The van der Waals surface area contributed by atoms with Crippen LogP contribution in [0.15, 0.2) is 36.4 Å². The molecule has 1 aliphatic carbocycles. The second-order valence-electron chi connectivity index (χ2n) is 3.55. The Balaban J connectivity index is 2.35. The Kier molecular flexibility index (Phi) is 1.93. The summed E-state index contributed by atoms with van der Waals surface area (Å²) >= 11 is 0. The van der Waals surface area contributed by atoms with Crippen molar-refractivity contribution in [1.82, 2.24) is 0 Å². The zero-order valence-corrected chi connectivity index (χ0v) is 7.33. The Morgan fingerprint density at radius 3 is 2.54 bits per heavy atom. The Labute approximate surface area is 77.1 Å². The zero-order valence-electron chi connectivity index (χ0n) is 7.33. The van der Waals surface area contributed by atoms with Gasteiger partial charge in [0.05, 0.1) is 0 Å². The number of benzene rings is 1. The van der Waals surface area contributed by atoms with Crippen molar-refractivity contribution in [3.63, 3.8) is 0 Å². The summed E-state index contributed by atoms with van der Waals surface area (Å²) < 4.78 is 12.9. The summed E-state index contributed by atoms with van der Waals surface area (Å²) in [7, 11) is 0. The third kappa shape index (κ3) is 1.49. The van der Waals surface area contributed by atoms with E-state index in [0.717, 1.165) is 18.4 Å². The maximum atomic E-state index is 12.9. The molecule has 0 radical (unpaired) electrons. The molecule has 1 aromatic rings. The largest absolute Gasteiger partial charge is 0.321 e. The third-order valence-corrected chi connectivity index (χ3v) is 2.53. The molecule has 0 spiro atoms. The number of hydrogen-bond acceptors (Lipinski definition) is 1. The van der Waals surface area contributed by atoms with Crippen LogP contribution in [0.3, 0.4) is 0 Å². The molecule has 0 saturated carbocycles. The van der Waals surface area contributed by atoms with E-state index < -0.39 is 0 Å². The molecule has 0 amide bonds. The monoisotopic (exact) mass is 177 g/mol. The van der Waals surface area contributed by atoms with E-state index in [4.69, 9.17) is 5.73 Å². The van der Waals surface area contributed by atoms with Gasteiger partial charge in [0.2, 0.25) is 0 Å². The number of nitrogens with two attached hydrogens (primary N) is 1.